The monoisotopic (exact) mass is 361 g/mol. The van der Waals surface area contributed by atoms with Crippen molar-refractivity contribution < 1.29 is 9.90 Å². The average molecular weight is 361 g/mol. The molecule has 1 N–H and O–H groups in total. The van der Waals surface area contributed by atoms with Crippen molar-refractivity contribution in [3.8, 4) is 0 Å². The highest BCUT2D eigenvalue weighted by atomic mass is 16.3. The molecule has 0 aliphatic carbocycles. The number of benzene rings is 2. The van der Waals surface area contributed by atoms with Crippen LogP contribution in [0.2, 0.25) is 0 Å². The molecule has 0 unspecified atom stereocenters. The number of ketones is 1. The molecule has 1 aliphatic heterocycles. The lowest BCUT2D eigenvalue weighted by Gasteiger charge is -2.41. The molecule has 2 atom stereocenters. The van der Waals surface area contributed by atoms with E-state index in [-0.39, 0.29) is 5.78 Å². The van der Waals surface area contributed by atoms with Gasteiger partial charge >= 0.3 is 0 Å². The van der Waals surface area contributed by atoms with Gasteiger partial charge in [-0.05, 0) is 30.2 Å². The van der Waals surface area contributed by atoms with Crippen molar-refractivity contribution >= 4 is 17.9 Å². The van der Waals surface area contributed by atoms with Crippen molar-refractivity contribution in [1.29, 1.82) is 0 Å². The Morgan fingerprint density at radius 1 is 1.07 bits per heavy atom. The van der Waals surface area contributed by atoms with Crippen molar-refractivity contribution in [3.63, 3.8) is 0 Å². The van der Waals surface area contributed by atoms with E-state index in [9.17, 15) is 9.90 Å². The second-order valence-electron chi connectivity index (χ2n) is 7.08. The second-order valence-corrected chi connectivity index (χ2v) is 7.08. The number of piperidine rings is 1. The number of likely N-dealkylation sites (tertiary alicyclic amines) is 1. The first-order chi connectivity index (χ1) is 13.1. The highest BCUT2D eigenvalue weighted by Gasteiger charge is 2.42. The minimum absolute atomic E-state index is 0.0304. The lowest BCUT2D eigenvalue weighted by Crippen LogP contribution is -2.53. The molecule has 1 aliphatic rings. The number of nitrogens with zero attached hydrogens (tertiary/aromatic N) is 1. The molecule has 0 bridgehead atoms. The van der Waals surface area contributed by atoms with Crippen LogP contribution in [0, 0.1) is 5.92 Å². The summed E-state index contributed by atoms with van der Waals surface area (Å²) in [6.07, 6.45) is 7.73. The zero-order valence-electron chi connectivity index (χ0n) is 15.8. The first-order valence-electron chi connectivity index (χ1n) is 9.57. The summed E-state index contributed by atoms with van der Waals surface area (Å²) in [5.74, 6) is -0.497. The fourth-order valence-electron chi connectivity index (χ4n) is 3.51. The van der Waals surface area contributed by atoms with Crippen LogP contribution in [0.15, 0.2) is 72.8 Å². The summed E-state index contributed by atoms with van der Waals surface area (Å²) in [5, 5.41) is 11.3. The van der Waals surface area contributed by atoms with Crippen LogP contribution in [-0.2, 0) is 4.79 Å². The molecular weight excluding hydrogens is 334 g/mol. The number of allylic oxidation sites excluding steroid dienone is 1. The number of aliphatic hydroxyl groups is 1. The Morgan fingerprint density at radius 2 is 1.67 bits per heavy atom. The number of carbonyl (C=O) groups is 1. The van der Waals surface area contributed by atoms with E-state index in [2.05, 4.69) is 11.8 Å². The van der Waals surface area contributed by atoms with E-state index in [4.69, 9.17) is 0 Å². The van der Waals surface area contributed by atoms with Gasteiger partial charge in [-0.15, -0.1) is 0 Å². The molecule has 27 heavy (non-hydrogen) atoms. The predicted octanol–water partition coefficient (Wildman–Crippen LogP) is 4.06. The Labute approximate surface area is 161 Å². The fourth-order valence-corrected chi connectivity index (χ4v) is 3.51. The predicted molar refractivity (Wildman–Crippen MR) is 111 cm³/mol. The summed E-state index contributed by atoms with van der Waals surface area (Å²) in [7, 11) is 0. The summed E-state index contributed by atoms with van der Waals surface area (Å²) < 4.78 is 0. The molecule has 2 aromatic rings. The van der Waals surface area contributed by atoms with Gasteiger partial charge < -0.3 is 10.0 Å². The number of hydrogen-bond donors (Lipinski definition) is 1. The average Bonchev–Trinajstić information content (AvgIpc) is 2.72. The van der Waals surface area contributed by atoms with E-state index < -0.39 is 11.5 Å². The molecule has 1 saturated heterocycles. The maximum Gasteiger partial charge on any atom is 0.163 e. The Hall–Kier alpha value is -2.49. The van der Waals surface area contributed by atoms with Crippen molar-refractivity contribution in [2.45, 2.75) is 18.9 Å². The molecule has 140 valence electrons. The maximum atomic E-state index is 13.0. The van der Waals surface area contributed by atoms with Crippen molar-refractivity contribution in [3.05, 3.63) is 83.9 Å². The third-order valence-corrected chi connectivity index (χ3v) is 5.27. The van der Waals surface area contributed by atoms with E-state index in [0.29, 0.717) is 13.0 Å². The SMILES string of the molecule is CCN1CC[C@](O)(/C=C\c2ccccc2)[C@H](C(=O)/C=C/c2ccccc2)C1. The molecule has 1 heterocycles. The van der Waals surface area contributed by atoms with E-state index in [1.807, 2.05) is 78.9 Å². The fraction of sp³-hybridized carbons (Fsp3) is 0.292. The molecule has 3 rings (SSSR count). The van der Waals surface area contributed by atoms with Gasteiger partial charge in [0.05, 0.1) is 11.5 Å². The molecule has 0 spiro atoms. The van der Waals surface area contributed by atoms with Crippen LogP contribution in [0.25, 0.3) is 12.2 Å². The van der Waals surface area contributed by atoms with Crippen molar-refractivity contribution in [1.82, 2.24) is 4.90 Å². The Kier molecular flexibility index (Phi) is 6.38. The summed E-state index contributed by atoms with van der Waals surface area (Å²) in [5.41, 5.74) is 0.881. The van der Waals surface area contributed by atoms with Gasteiger partial charge in [-0.3, -0.25) is 4.79 Å². The Morgan fingerprint density at radius 3 is 2.26 bits per heavy atom. The van der Waals surface area contributed by atoms with Crippen LogP contribution >= 0.6 is 0 Å². The van der Waals surface area contributed by atoms with Gasteiger partial charge in [-0.1, -0.05) is 85.8 Å². The van der Waals surface area contributed by atoms with Crippen LogP contribution < -0.4 is 0 Å². The highest BCUT2D eigenvalue weighted by molar-refractivity contribution is 5.96. The molecule has 0 radical (unpaired) electrons. The summed E-state index contributed by atoms with van der Waals surface area (Å²) >= 11 is 0. The highest BCUT2D eigenvalue weighted by Crippen LogP contribution is 2.31. The van der Waals surface area contributed by atoms with Gasteiger partial charge in [0.2, 0.25) is 0 Å². The number of hydrogen-bond acceptors (Lipinski definition) is 3. The molecule has 0 saturated carbocycles. The molecule has 0 amide bonds. The van der Waals surface area contributed by atoms with Crippen LogP contribution in [0.3, 0.4) is 0 Å². The van der Waals surface area contributed by atoms with Crippen LogP contribution in [0.1, 0.15) is 24.5 Å². The largest absolute Gasteiger partial charge is 0.385 e. The quantitative estimate of drug-likeness (QED) is 0.789. The van der Waals surface area contributed by atoms with Crippen molar-refractivity contribution in [2.75, 3.05) is 19.6 Å². The topological polar surface area (TPSA) is 40.5 Å². The van der Waals surface area contributed by atoms with E-state index in [0.717, 1.165) is 24.2 Å². The Bertz CT molecular complexity index is 798. The number of carbonyl (C=O) groups excluding carboxylic acids is 1. The first kappa shape index (κ1) is 19.3. The molecule has 1 fully saturated rings. The van der Waals surface area contributed by atoms with Crippen LogP contribution in [0.4, 0.5) is 0 Å². The summed E-state index contributed by atoms with van der Waals surface area (Å²) in [6.45, 7) is 4.33. The van der Waals surface area contributed by atoms with Gasteiger partial charge in [-0.25, -0.2) is 0 Å². The first-order valence-corrected chi connectivity index (χ1v) is 9.57. The maximum absolute atomic E-state index is 13.0. The minimum atomic E-state index is -1.13. The number of rotatable bonds is 6. The van der Waals surface area contributed by atoms with E-state index in [1.54, 1.807) is 6.08 Å². The third-order valence-electron chi connectivity index (χ3n) is 5.27. The van der Waals surface area contributed by atoms with Crippen LogP contribution in [0.5, 0.6) is 0 Å². The van der Waals surface area contributed by atoms with E-state index in [1.165, 1.54) is 0 Å². The zero-order valence-corrected chi connectivity index (χ0v) is 15.8. The molecular formula is C24H27NO2. The summed E-state index contributed by atoms with van der Waals surface area (Å²) in [6, 6.07) is 19.7. The molecule has 2 aromatic carbocycles. The third kappa shape index (κ3) is 5.03. The van der Waals surface area contributed by atoms with Gasteiger partial charge in [0, 0.05) is 13.1 Å². The second kappa shape index (κ2) is 8.94. The smallest absolute Gasteiger partial charge is 0.163 e. The van der Waals surface area contributed by atoms with Gasteiger partial charge in [0.15, 0.2) is 5.78 Å². The normalized spacial score (nSPS) is 23.9. The Balaban J connectivity index is 1.81. The molecule has 3 heteroatoms. The van der Waals surface area contributed by atoms with Crippen LogP contribution in [-0.4, -0.2) is 41.0 Å². The van der Waals surface area contributed by atoms with Gasteiger partial charge in [0.1, 0.15) is 0 Å². The standard InChI is InChI=1S/C24H27NO2/c1-2-25-18-17-24(27,16-15-21-11-7-4-8-12-21)22(19-25)23(26)14-13-20-9-5-3-6-10-20/h3-16,22,27H,2,17-19H2,1H3/b14-13+,16-15-/t22-,24+/m0/s1. The van der Waals surface area contributed by atoms with Gasteiger partial charge in [-0.2, -0.15) is 0 Å². The molecule has 3 nitrogen and oxygen atoms in total. The van der Waals surface area contributed by atoms with E-state index >= 15 is 0 Å². The van der Waals surface area contributed by atoms with Gasteiger partial charge in [0.25, 0.3) is 0 Å². The zero-order chi connectivity index (χ0) is 19.1. The van der Waals surface area contributed by atoms with Crippen molar-refractivity contribution in [2.24, 2.45) is 5.92 Å². The lowest BCUT2D eigenvalue weighted by molar-refractivity contribution is -0.129. The lowest BCUT2D eigenvalue weighted by atomic mass is 9.77. The summed E-state index contributed by atoms with van der Waals surface area (Å²) in [4.78, 5) is 15.2. The minimum Gasteiger partial charge on any atom is -0.385 e. The molecule has 0 aromatic heterocycles.